The van der Waals surface area contributed by atoms with E-state index in [0.717, 1.165) is 7.11 Å². The third-order valence-electron chi connectivity index (χ3n) is 2.39. The van der Waals surface area contributed by atoms with Gasteiger partial charge in [-0.05, 0) is 12.1 Å². The summed E-state index contributed by atoms with van der Waals surface area (Å²) in [5, 5.41) is 14.2. The van der Waals surface area contributed by atoms with Crippen molar-refractivity contribution in [3.8, 4) is 5.75 Å². The lowest BCUT2D eigenvalue weighted by Gasteiger charge is -2.15. The quantitative estimate of drug-likeness (QED) is 0.705. The van der Waals surface area contributed by atoms with Crippen molar-refractivity contribution in [1.82, 2.24) is 5.32 Å². The number of hydrogen-bond acceptors (Lipinski definition) is 5. The van der Waals surface area contributed by atoms with E-state index < -0.39 is 24.6 Å². The summed E-state index contributed by atoms with van der Waals surface area (Å²) in [5.74, 6) is -0.378. The molecule has 0 spiro atoms. The number of rotatable bonds is 5. The molecule has 0 saturated carbocycles. The van der Waals surface area contributed by atoms with Crippen LogP contribution in [0.2, 0.25) is 5.02 Å². The first-order valence-corrected chi connectivity index (χ1v) is 5.99. The third-order valence-corrected chi connectivity index (χ3v) is 2.62. The molecule has 2 amide bonds. The Labute approximate surface area is 120 Å². The topological polar surface area (TPSA) is 96.9 Å². The van der Waals surface area contributed by atoms with E-state index in [1.165, 1.54) is 13.2 Å². The summed E-state index contributed by atoms with van der Waals surface area (Å²) in [6, 6.07) is 2.82. The van der Waals surface area contributed by atoms with Crippen LogP contribution in [-0.4, -0.2) is 44.0 Å². The normalized spacial score (nSPS) is 11.4. The minimum Gasteiger partial charge on any atom is -0.495 e. The highest BCUT2D eigenvalue weighted by Crippen LogP contribution is 2.27. The van der Waals surface area contributed by atoms with Gasteiger partial charge in [-0.25, -0.2) is 9.59 Å². The number of carbonyl (C=O) groups excluding carboxylic acids is 2. The Bertz CT molecular complexity index is 495. The zero-order valence-corrected chi connectivity index (χ0v) is 11.7. The number of esters is 1. The van der Waals surface area contributed by atoms with Gasteiger partial charge < -0.3 is 25.2 Å². The molecule has 1 atom stereocenters. The van der Waals surface area contributed by atoms with Crippen LogP contribution in [0, 0.1) is 0 Å². The van der Waals surface area contributed by atoms with Gasteiger partial charge in [0.05, 0.1) is 26.5 Å². The van der Waals surface area contributed by atoms with E-state index in [1.807, 2.05) is 0 Å². The lowest BCUT2D eigenvalue weighted by molar-refractivity contribution is -0.143. The summed E-state index contributed by atoms with van der Waals surface area (Å²) in [6.45, 7) is -0.572. The Morgan fingerprint density at radius 3 is 2.65 bits per heavy atom. The predicted molar refractivity (Wildman–Crippen MR) is 73.0 cm³/mol. The minimum absolute atomic E-state index is 0.367. The van der Waals surface area contributed by atoms with Crippen LogP contribution in [0.15, 0.2) is 18.2 Å². The van der Waals surface area contributed by atoms with Crippen LogP contribution in [0.1, 0.15) is 0 Å². The number of benzene rings is 1. The number of nitrogens with one attached hydrogen (secondary N) is 2. The van der Waals surface area contributed by atoms with E-state index in [1.54, 1.807) is 12.1 Å². The van der Waals surface area contributed by atoms with Gasteiger partial charge in [-0.2, -0.15) is 0 Å². The fourth-order valence-electron chi connectivity index (χ4n) is 1.41. The summed E-state index contributed by atoms with van der Waals surface area (Å²) in [6.07, 6.45) is 0. The second kappa shape index (κ2) is 7.56. The molecule has 0 fully saturated rings. The Hall–Kier alpha value is -1.99. The number of urea groups is 1. The molecule has 1 rings (SSSR count). The lowest BCUT2D eigenvalue weighted by Crippen LogP contribution is -2.45. The molecule has 110 valence electrons. The maximum atomic E-state index is 11.7. The highest BCUT2D eigenvalue weighted by Gasteiger charge is 2.20. The highest BCUT2D eigenvalue weighted by molar-refractivity contribution is 6.30. The van der Waals surface area contributed by atoms with Gasteiger partial charge in [0, 0.05) is 11.1 Å². The molecule has 0 aliphatic heterocycles. The fourth-order valence-corrected chi connectivity index (χ4v) is 1.57. The van der Waals surface area contributed by atoms with Crippen molar-refractivity contribution in [3.05, 3.63) is 23.2 Å². The molecule has 3 N–H and O–H groups in total. The van der Waals surface area contributed by atoms with E-state index in [2.05, 4.69) is 15.4 Å². The third kappa shape index (κ3) is 4.29. The van der Waals surface area contributed by atoms with Crippen LogP contribution >= 0.6 is 11.6 Å². The van der Waals surface area contributed by atoms with Crippen LogP contribution in [0.4, 0.5) is 10.5 Å². The molecule has 0 aliphatic carbocycles. The Morgan fingerprint density at radius 1 is 1.40 bits per heavy atom. The van der Waals surface area contributed by atoms with Gasteiger partial charge >= 0.3 is 12.0 Å². The number of methoxy groups -OCH3 is 2. The zero-order valence-electron chi connectivity index (χ0n) is 11.0. The van der Waals surface area contributed by atoms with Crippen LogP contribution in [-0.2, 0) is 9.53 Å². The van der Waals surface area contributed by atoms with Crippen molar-refractivity contribution in [2.24, 2.45) is 0 Å². The number of aliphatic hydroxyl groups is 1. The molecule has 0 aliphatic rings. The van der Waals surface area contributed by atoms with Gasteiger partial charge in [-0.1, -0.05) is 11.6 Å². The van der Waals surface area contributed by atoms with Crippen molar-refractivity contribution in [3.63, 3.8) is 0 Å². The van der Waals surface area contributed by atoms with E-state index >= 15 is 0 Å². The van der Waals surface area contributed by atoms with Gasteiger partial charge in [0.1, 0.15) is 5.75 Å². The molecule has 0 heterocycles. The van der Waals surface area contributed by atoms with Crippen LogP contribution in [0.3, 0.4) is 0 Å². The largest absolute Gasteiger partial charge is 0.495 e. The lowest BCUT2D eigenvalue weighted by atomic mass is 10.3. The maximum absolute atomic E-state index is 11.7. The average molecular weight is 303 g/mol. The Balaban J connectivity index is 2.73. The molecule has 1 aromatic rings. The summed E-state index contributed by atoms with van der Waals surface area (Å²) in [7, 11) is 2.59. The molecule has 0 aromatic heterocycles. The zero-order chi connectivity index (χ0) is 15.1. The van der Waals surface area contributed by atoms with Crippen LogP contribution < -0.4 is 15.4 Å². The molecule has 20 heavy (non-hydrogen) atoms. The Kier molecular flexibility index (Phi) is 6.08. The van der Waals surface area contributed by atoms with E-state index in [0.29, 0.717) is 16.5 Å². The monoisotopic (exact) mass is 302 g/mol. The average Bonchev–Trinajstić information content (AvgIpc) is 2.45. The van der Waals surface area contributed by atoms with Crippen LogP contribution in [0.5, 0.6) is 5.75 Å². The number of halogens is 1. The number of carbonyl (C=O) groups is 2. The molecular formula is C12H15ClN2O5. The molecule has 1 aromatic carbocycles. The molecular weight excluding hydrogens is 288 g/mol. The molecule has 0 radical (unpaired) electrons. The van der Waals surface area contributed by atoms with E-state index in [4.69, 9.17) is 21.4 Å². The summed E-state index contributed by atoms with van der Waals surface area (Å²) >= 11 is 5.80. The van der Waals surface area contributed by atoms with Gasteiger partial charge in [0.2, 0.25) is 0 Å². The standard InChI is InChI=1S/C12H15ClN2O5/c1-19-10-5-7(13)3-4-8(10)14-12(18)15-9(6-16)11(17)20-2/h3-5,9,16H,6H2,1-2H3,(H2,14,15,18). The molecule has 8 heteroatoms. The van der Waals surface area contributed by atoms with Crippen molar-refractivity contribution in [1.29, 1.82) is 0 Å². The molecule has 0 bridgehead atoms. The number of aliphatic hydroxyl groups excluding tert-OH is 1. The fraction of sp³-hybridized carbons (Fsp3) is 0.333. The SMILES string of the molecule is COC(=O)C(CO)NC(=O)Nc1ccc(Cl)cc1OC. The second-order valence-corrected chi connectivity index (χ2v) is 4.14. The van der Waals surface area contributed by atoms with Crippen molar-refractivity contribution in [2.45, 2.75) is 6.04 Å². The van der Waals surface area contributed by atoms with E-state index in [9.17, 15) is 9.59 Å². The maximum Gasteiger partial charge on any atom is 0.330 e. The van der Waals surface area contributed by atoms with Crippen LogP contribution in [0.25, 0.3) is 0 Å². The second-order valence-electron chi connectivity index (χ2n) is 3.70. The first-order valence-electron chi connectivity index (χ1n) is 5.61. The molecule has 7 nitrogen and oxygen atoms in total. The number of ether oxygens (including phenoxy) is 2. The van der Waals surface area contributed by atoms with Gasteiger partial charge in [0.15, 0.2) is 6.04 Å². The predicted octanol–water partition coefficient (Wildman–Crippen LogP) is 1.00. The van der Waals surface area contributed by atoms with Gasteiger partial charge in [0.25, 0.3) is 0 Å². The Morgan fingerprint density at radius 2 is 2.10 bits per heavy atom. The van der Waals surface area contributed by atoms with Crippen molar-refractivity contribution < 1.29 is 24.2 Å². The summed E-state index contributed by atoms with van der Waals surface area (Å²) < 4.78 is 9.49. The smallest absolute Gasteiger partial charge is 0.330 e. The number of amides is 2. The summed E-state index contributed by atoms with van der Waals surface area (Å²) in [5.41, 5.74) is 0.371. The molecule has 0 saturated heterocycles. The van der Waals surface area contributed by atoms with Gasteiger partial charge in [-0.3, -0.25) is 0 Å². The number of hydrogen-bond donors (Lipinski definition) is 3. The highest BCUT2D eigenvalue weighted by atomic mass is 35.5. The first kappa shape index (κ1) is 16.1. The van der Waals surface area contributed by atoms with Crippen molar-refractivity contribution >= 4 is 29.3 Å². The summed E-state index contributed by atoms with van der Waals surface area (Å²) in [4.78, 5) is 23.0. The minimum atomic E-state index is -1.14. The van der Waals surface area contributed by atoms with Gasteiger partial charge in [-0.15, -0.1) is 0 Å². The van der Waals surface area contributed by atoms with E-state index in [-0.39, 0.29) is 0 Å². The molecule has 1 unspecified atom stereocenters. The first-order chi connectivity index (χ1) is 9.51. The number of anilines is 1. The van der Waals surface area contributed by atoms with Crippen molar-refractivity contribution in [2.75, 3.05) is 26.1 Å².